The molecule has 0 aliphatic rings. The second-order valence-electron chi connectivity index (χ2n) is 5.29. The van der Waals surface area contributed by atoms with Crippen LogP contribution in [-0.2, 0) is 0 Å². The number of phenols is 2. The predicted molar refractivity (Wildman–Crippen MR) is 94.0 cm³/mol. The molecule has 0 unspecified atom stereocenters. The van der Waals surface area contributed by atoms with E-state index in [9.17, 15) is 10.2 Å². The van der Waals surface area contributed by atoms with Gasteiger partial charge in [-0.3, -0.25) is 5.43 Å². The number of fused-ring (bicyclic) bond motifs is 1. The molecular formula is C18H17N3O3. The van der Waals surface area contributed by atoms with Crippen LogP contribution in [0.3, 0.4) is 0 Å². The Labute approximate surface area is 139 Å². The second-order valence-corrected chi connectivity index (χ2v) is 5.29. The van der Waals surface area contributed by atoms with Gasteiger partial charge in [-0.15, -0.1) is 0 Å². The summed E-state index contributed by atoms with van der Waals surface area (Å²) >= 11 is 0. The van der Waals surface area contributed by atoms with E-state index in [0.29, 0.717) is 11.3 Å². The molecule has 0 radical (unpaired) electrons. The number of hydrogen-bond donors (Lipinski definition) is 3. The fourth-order valence-corrected chi connectivity index (χ4v) is 2.40. The molecule has 0 spiro atoms. The standard InChI is InChI=1S/C18H17N3O3/c1-11-8-14(13-4-3-5-17(24-2)18(13)20-11)21-19-10-12-6-7-15(22)16(23)9-12/h3-10,22-23H,1-2H3,(H,20,21)/b19-10-. The first-order chi connectivity index (χ1) is 11.6. The Kier molecular flexibility index (Phi) is 4.20. The molecule has 24 heavy (non-hydrogen) atoms. The summed E-state index contributed by atoms with van der Waals surface area (Å²) in [4.78, 5) is 4.52. The van der Waals surface area contributed by atoms with E-state index < -0.39 is 0 Å². The van der Waals surface area contributed by atoms with Crippen LogP contribution in [-0.4, -0.2) is 28.5 Å². The van der Waals surface area contributed by atoms with Gasteiger partial charge in [-0.1, -0.05) is 12.1 Å². The van der Waals surface area contributed by atoms with Crippen molar-refractivity contribution in [1.29, 1.82) is 0 Å². The largest absolute Gasteiger partial charge is 0.504 e. The van der Waals surface area contributed by atoms with Gasteiger partial charge >= 0.3 is 0 Å². The number of methoxy groups -OCH3 is 1. The SMILES string of the molecule is COc1cccc2c(N/N=C\c3ccc(O)c(O)c3)cc(C)nc12. The first-order valence-electron chi connectivity index (χ1n) is 7.34. The first kappa shape index (κ1) is 15.6. The van der Waals surface area contributed by atoms with Gasteiger partial charge in [-0.2, -0.15) is 5.10 Å². The Hall–Kier alpha value is -3.28. The Balaban J connectivity index is 1.92. The minimum Gasteiger partial charge on any atom is -0.504 e. The zero-order valence-corrected chi connectivity index (χ0v) is 13.3. The van der Waals surface area contributed by atoms with E-state index >= 15 is 0 Å². The summed E-state index contributed by atoms with van der Waals surface area (Å²) in [5, 5.41) is 23.9. The van der Waals surface area contributed by atoms with E-state index in [0.717, 1.165) is 22.3 Å². The molecule has 0 aliphatic heterocycles. The zero-order valence-electron chi connectivity index (χ0n) is 13.3. The number of aryl methyl sites for hydroxylation is 1. The van der Waals surface area contributed by atoms with Crippen molar-refractivity contribution in [2.24, 2.45) is 5.10 Å². The normalized spacial score (nSPS) is 11.1. The van der Waals surface area contributed by atoms with Crippen LogP contribution in [0.25, 0.3) is 10.9 Å². The highest BCUT2D eigenvalue weighted by atomic mass is 16.5. The molecule has 0 saturated carbocycles. The number of aromatic hydroxyl groups is 2. The smallest absolute Gasteiger partial charge is 0.158 e. The number of nitrogens with one attached hydrogen (secondary N) is 1. The third-order valence-corrected chi connectivity index (χ3v) is 3.55. The van der Waals surface area contributed by atoms with Crippen LogP contribution >= 0.6 is 0 Å². The van der Waals surface area contributed by atoms with E-state index in [2.05, 4.69) is 15.5 Å². The molecule has 1 aromatic heterocycles. The molecule has 3 aromatic rings. The van der Waals surface area contributed by atoms with E-state index in [1.165, 1.54) is 12.1 Å². The average molecular weight is 323 g/mol. The molecule has 2 aromatic carbocycles. The number of aromatic nitrogens is 1. The van der Waals surface area contributed by atoms with Crippen LogP contribution in [0.1, 0.15) is 11.3 Å². The van der Waals surface area contributed by atoms with E-state index in [4.69, 9.17) is 4.74 Å². The lowest BCUT2D eigenvalue weighted by molar-refractivity contribution is 0.403. The summed E-state index contributed by atoms with van der Waals surface area (Å²) in [6, 6.07) is 12.1. The molecule has 1 heterocycles. The van der Waals surface area contributed by atoms with E-state index in [1.807, 2.05) is 31.2 Å². The van der Waals surface area contributed by atoms with Gasteiger partial charge in [0.05, 0.1) is 19.0 Å². The molecule has 0 fully saturated rings. The number of pyridine rings is 1. The summed E-state index contributed by atoms with van der Waals surface area (Å²) < 4.78 is 5.36. The lowest BCUT2D eigenvalue weighted by Crippen LogP contribution is -1.96. The molecule has 6 nitrogen and oxygen atoms in total. The van der Waals surface area contributed by atoms with Crippen LogP contribution in [0, 0.1) is 6.92 Å². The Bertz CT molecular complexity index is 923. The lowest BCUT2D eigenvalue weighted by atomic mass is 10.1. The van der Waals surface area contributed by atoms with Crippen LogP contribution in [0.15, 0.2) is 47.6 Å². The number of hydrogen-bond acceptors (Lipinski definition) is 6. The minimum atomic E-state index is -0.186. The Morgan fingerprint density at radius 3 is 2.71 bits per heavy atom. The molecule has 122 valence electrons. The van der Waals surface area contributed by atoms with Gasteiger partial charge in [-0.05, 0) is 42.8 Å². The van der Waals surface area contributed by atoms with E-state index in [1.54, 1.807) is 19.4 Å². The molecule has 0 aliphatic carbocycles. The monoisotopic (exact) mass is 323 g/mol. The Morgan fingerprint density at radius 1 is 1.12 bits per heavy atom. The van der Waals surface area contributed by atoms with E-state index in [-0.39, 0.29) is 11.5 Å². The number of hydrazone groups is 1. The van der Waals surface area contributed by atoms with Crippen LogP contribution in [0.4, 0.5) is 5.69 Å². The number of rotatable bonds is 4. The van der Waals surface area contributed by atoms with Crippen LogP contribution < -0.4 is 10.2 Å². The molecule has 0 saturated heterocycles. The first-order valence-corrected chi connectivity index (χ1v) is 7.34. The van der Waals surface area contributed by atoms with Crippen molar-refractivity contribution in [2.45, 2.75) is 6.92 Å². The van der Waals surface area contributed by atoms with Gasteiger partial charge in [0.25, 0.3) is 0 Å². The minimum absolute atomic E-state index is 0.164. The number of benzene rings is 2. The molecule has 6 heteroatoms. The molecule has 0 amide bonds. The lowest BCUT2D eigenvalue weighted by Gasteiger charge is -2.10. The fraction of sp³-hybridized carbons (Fsp3) is 0.111. The molecule has 0 atom stereocenters. The van der Waals surface area contributed by atoms with Crippen LogP contribution in [0.2, 0.25) is 0 Å². The highest BCUT2D eigenvalue weighted by molar-refractivity contribution is 5.95. The van der Waals surface area contributed by atoms with Crippen molar-refractivity contribution in [2.75, 3.05) is 12.5 Å². The summed E-state index contributed by atoms with van der Waals surface area (Å²) in [6.45, 7) is 1.90. The molecular weight excluding hydrogens is 306 g/mol. The maximum absolute atomic E-state index is 9.50. The number of ether oxygens (including phenoxy) is 1. The number of anilines is 1. The van der Waals surface area contributed by atoms with Crippen molar-refractivity contribution in [3.05, 3.63) is 53.7 Å². The van der Waals surface area contributed by atoms with Gasteiger partial charge in [0, 0.05) is 11.1 Å². The van der Waals surface area contributed by atoms with Gasteiger partial charge in [0.2, 0.25) is 0 Å². The highest BCUT2D eigenvalue weighted by Gasteiger charge is 2.08. The molecule has 3 N–H and O–H groups in total. The second kappa shape index (κ2) is 6.45. The van der Waals surface area contributed by atoms with Crippen molar-refractivity contribution in [3.63, 3.8) is 0 Å². The predicted octanol–water partition coefficient (Wildman–Crippen LogP) is 3.41. The average Bonchev–Trinajstić information content (AvgIpc) is 2.57. The zero-order chi connectivity index (χ0) is 17.1. The van der Waals surface area contributed by atoms with Crippen molar-refractivity contribution < 1.29 is 14.9 Å². The fourth-order valence-electron chi connectivity index (χ4n) is 2.40. The Morgan fingerprint density at radius 2 is 1.96 bits per heavy atom. The maximum Gasteiger partial charge on any atom is 0.158 e. The van der Waals surface area contributed by atoms with Crippen molar-refractivity contribution in [3.8, 4) is 17.2 Å². The quantitative estimate of drug-likeness (QED) is 0.389. The van der Waals surface area contributed by atoms with Crippen molar-refractivity contribution >= 4 is 22.8 Å². The number of nitrogens with zero attached hydrogens (tertiary/aromatic N) is 2. The molecule has 0 bridgehead atoms. The van der Waals surface area contributed by atoms with Crippen molar-refractivity contribution in [1.82, 2.24) is 4.98 Å². The number of phenolic OH excluding ortho intramolecular Hbond substituents is 2. The maximum atomic E-state index is 9.50. The summed E-state index contributed by atoms with van der Waals surface area (Å²) in [5.41, 5.74) is 6.06. The van der Waals surface area contributed by atoms with Gasteiger partial charge in [0.15, 0.2) is 11.5 Å². The van der Waals surface area contributed by atoms with Gasteiger partial charge < -0.3 is 14.9 Å². The summed E-state index contributed by atoms with van der Waals surface area (Å²) in [7, 11) is 1.61. The highest BCUT2D eigenvalue weighted by Crippen LogP contribution is 2.30. The third-order valence-electron chi connectivity index (χ3n) is 3.55. The van der Waals surface area contributed by atoms with Gasteiger partial charge in [-0.25, -0.2) is 4.98 Å². The van der Waals surface area contributed by atoms with Crippen LogP contribution in [0.5, 0.6) is 17.2 Å². The topological polar surface area (TPSA) is 87.0 Å². The molecule has 3 rings (SSSR count). The summed E-state index contributed by atoms with van der Waals surface area (Å²) in [5.74, 6) is 0.350. The summed E-state index contributed by atoms with van der Waals surface area (Å²) in [6.07, 6.45) is 1.56. The van der Waals surface area contributed by atoms with Gasteiger partial charge in [0.1, 0.15) is 11.3 Å². The third kappa shape index (κ3) is 3.08. The number of para-hydroxylation sites is 1.